The number of sulfonamides is 1. The van der Waals surface area contributed by atoms with Crippen LogP contribution in [-0.4, -0.2) is 44.0 Å². The van der Waals surface area contributed by atoms with E-state index in [-0.39, 0.29) is 24.6 Å². The molecule has 2 heterocycles. The van der Waals surface area contributed by atoms with E-state index in [1.54, 1.807) is 12.1 Å². The van der Waals surface area contributed by atoms with Crippen molar-refractivity contribution >= 4 is 33.8 Å². The lowest BCUT2D eigenvalue weighted by Gasteiger charge is -2.31. The third-order valence-electron chi connectivity index (χ3n) is 4.86. The van der Waals surface area contributed by atoms with Crippen molar-refractivity contribution in [3.8, 4) is 0 Å². The summed E-state index contributed by atoms with van der Waals surface area (Å²) in [5.74, 6) is -0.349. The monoisotopic (exact) mass is 486 g/mol. The lowest BCUT2D eigenvalue weighted by atomic mass is 10.0. The Kier molecular flexibility index (Phi) is 7.15. The topological polar surface area (TPSA) is 97.1 Å². The van der Waals surface area contributed by atoms with E-state index in [0.29, 0.717) is 30.5 Å². The Bertz CT molecular complexity index is 1140. The van der Waals surface area contributed by atoms with Gasteiger partial charge in [-0.3, -0.25) is 4.79 Å². The molecule has 0 atom stereocenters. The predicted octanol–water partition coefficient (Wildman–Crippen LogP) is 4.30. The number of carbonyl (C=O) groups is 2. The molecule has 0 bridgehead atoms. The molecule has 2 amide bonds. The highest BCUT2D eigenvalue weighted by Crippen LogP contribution is 2.34. The molecule has 1 aliphatic rings. The summed E-state index contributed by atoms with van der Waals surface area (Å²) in [5.41, 5.74) is -5.08. The molecular formula is C21H21F3N2O6S. The average Bonchev–Trinajstić information content (AvgIpc) is 3.25. The first kappa shape index (κ1) is 24.4. The lowest BCUT2D eigenvalue weighted by Crippen LogP contribution is -2.45. The number of benzene rings is 1. The van der Waals surface area contributed by atoms with E-state index in [9.17, 15) is 31.2 Å². The van der Waals surface area contributed by atoms with Crippen LogP contribution in [0.3, 0.4) is 0 Å². The zero-order chi connectivity index (χ0) is 24.2. The SMILES string of the molecule is CCOC(=O)N(c1ccccc1CN1CCC/C(=C\c2ccoc2)C1=O)S(=O)(=O)C(F)(F)F. The maximum atomic E-state index is 13.3. The molecule has 1 saturated heterocycles. The number of hydrogen-bond donors (Lipinski definition) is 0. The number of para-hydroxylation sites is 1. The van der Waals surface area contributed by atoms with E-state index >= 15 is 0 Å². The Morgan fingerprint density at radius 1 is 1.27 bits per heavy atom. The van der Waals surface area contributed by atoms with E-state index < -0.39 is 31.6 Å². The smallest absolute Gasteiger partial charge is 0.472 e. The number of likely N-dealkylation sites (tertiary alicyclic amines) is 1. The molecule has 0 aliphatic carbocycles. The number of nitrogens with zero attached hydrogens (tertiary/aromatic N) is 2. The third kappa shape index (κ3) is 5.21. The van der Waals surface area contributed by atoms with Crippen LogP contribution in [0.15, 0.2) is 52.8 Å². The van der Waals surface area contributed by atoms with Crippen LogP contribution in [0.2, 0.25) is 0 Å². The second kappa shape index (κ2) is 9.69. The highest BCUT2D eigenvalue weighted by atomic mass is 32.2. The summed E-state index contributed by atoms with van der Waals surface area (Å²) in [4.78, 5) is 26.6. The second-order valence-electron chi connectivity index (χ2n) is 7.10. The number of hydrogen-bond acceptors (Lipinski definition) is 6. The van der Waals surface area contributed by atoms with Crippen LogP contribution < -0.4 is 4.31 Å². The van der Waals surface area contributed by atoms with Gasteiger partial charge in [0.2, 0.25) is 5.91 Å². The average molecular weight is 486 g/mol. The molecule has 0 saturated carbocycles. The Hall–Kier alpha value is -3.28. The summed E-state index contributed by atoms with van der Waals surface area (Å²) < 4.78 is 73.6. The molecule has 8 nitrogen and oxygen atoms in total. The molecule has 0 radical (unpaired) electrons. The highest BCUT2D eigenvalue weighted by molar-refractivity contribution is 7.94. The normalized spacial score (nSPS) is 16.2. The third-order valence-corrected chi connectivity index (χ3v) is 6.27. The number of rotatable bonds is 6. The molecule has 12 heteroatoms. The first-order chi connectivity index (χ1) is 15.6. The summed E-state index contributed by atoms with van der Waals surface area (Å²) in [6, 6.07) is 6.85. The van der Waals surface area contributed by atoms with Crippen molar-refractivity contribution < 1.29 is 40.3 Å². The highest BCUT2D eigenvalue weighted by Gasteiger charge is 2.53. The van der Waals surface area contributed by atoms with Gasteiger partial charge in [-0.15, -0.1) is 0 Å². The lowest BCUT2D eigenvalue weighted by molar-refractivity contribution is -0.129. The summed E-state index contributed by atoms with van der Waals surface area (Å²) in [6.07, 6.45) is 3.99. The summed E-state index contributed by atoms with van der Waals surface area (Å²) in [7, 11) is -6.10. The van der Waals surface area contributed by atoms with Gasteiger partial charge in [-0.25, -0.2) is 4.79 Å². The Balaban J connectivity index is 1.97. The molecule has 1 aromatic carbocycles. The molecule has 0 spiro atoms. The number of anilines is 1. The zero-order valence-electron chi connectivity index (χ0n) is 17.5. The van der Waals surface area contributed by atoms with Crippen LogP contribution in [0.5, 0.6) is 0 Å². The van der Waals surface area contributed by atoms with Gasteiger partial charge >= 0.3 is 21.6 Å². The van der Waals surface area contributed by atoms with Gasteiger partial charge in [0.1, 0.15) is 0 Å². The number of piperidine rings is 1. The van der Waals surface area contributed by atoms with Gasteiger partial charge in [-0.05, 0) is 43.5 Å². The maximum absolute atomic E-state index is 13.3. The van der Waals surface area contributed by atoms with Gasteiger partial charge in [-0.2, -0.15) is 25.9 Å². The minimum atomic E-state index is -6.10. The molecule has 1 aromatic heterocycles. The van der Waals surface area contributed by atoms with Crippen LogP contribution in [0.4, 0.5) is 23.7 Å². The number of amides is 2. The Morgan fingerprint density at radius 2 is 2.00 bits per heavy atom. The molecule has 1 fully saturated rings. The Morgan fingerprint density at radius 3 is 2.64 bits per heavy atom. The first-order valence-electron chi connectivity index (χ1n) is 9.94. The quantitative estimate of drug-likeness (QED) is 0.565. The van der Waals surface area contributed by atoms with Crippen LogP contribution in [0.25, 0.3) is 6.08 Å². The standard InChI is InChI=1S/C21H21F3N2O6S/c1-2-32-20(28)26(33(29,30)21(22,23)24)18-8-4-3-6-17(18)13-25-10-5-7-16(19(25)27)12-15-9-11-31-14-15/h3-4,6,8-9,11-12,14H,2,5,7,10,13H2,1H3/b16-12+. The van der Waals surface area contributed by atoms with Crippen molar-refractivity contribution in [1.29, 1.82) is 0 Å². The minimum Gasteiger partial charge on any atom is -0.472 e. The molecule has 0 unspecified atom stereocenters. The maximum Gasteiger partial charge on any atom is 0.517 e. The van der Waals surface area contributed by atoms with Crippen molar-refractivity contribution in [3.05, 3.63) is 59.6 Å². The van der Waals surface area contributed by atoms with E-state index in [4.69, 9.17) is 4.42 Å². The molecule has 1 aliphatic heterocycles. The summed E-state index contributed by atoms with van der Waals surface area (Å²) >= 11 is 0. The van der Waals surface area contributed by atoms with Crippen molar-refractivity contribution in [2.45, 2.75) is 31.8 Å². The minimum absolute atomic E-state index is 0.0382. The van der Waals surface area contributed by atoms with Crippen LogP contribution in [-0.2, 0) is 26.1 Å². The molecule has 33 heavy (non-hydrogen) atoms. The van der Waals surface area contributed by atoms with Crippen molar-refractivity contribution in [1.82, 2.24) is 4.90 Å². The zero-order valence-corrected chi connectivity index (χ0v) is 18.4. The van der Waals surface area contributed by atoms with Crippen LogP contribution in [0.1, 0.15) is 30.9 Å². The van der Waals surface area contributed by atoms with E-state index in [0.717, 1.165) is 6.07 Å². The number of furan rings is 1. The molecule has 178 valence electrons. The van der Waals surface area contributed by atoms with Gasteiger partial charge in [0.15, 0.2) is 0 Å². The molecular weight excluding hydrogens is 465 g/mol. The van der Waals surface area contributed by atoms with Gasteiger partial charge in [0, 0.05) is 24.2 Å². The fourth-order valence-electron chi connectivity index (χ4n) is 3.37. The van der Waals surface area contributed by atoms with Crippen LogP contribution in [0, 0.1) is 0 Å². The van der Waals surface area contributed by atoms with E-state index in [1.807, 2.05) is 0 Å². The molecule has 3 rings (SSSR count). The van der Waals surface area contributed by atoms with Gasteiger partial charge in [0.25, 0.3) is 0 Å². The van der Waals surface area contributed by atoms with E-state index in [2.05, 4.69) is 4.74 Å². The van der Waals surface area contributed by atoms with Gasteiger partial charge in [-0.1, -0.05) is 18.2 Å². The number of halogens is 3. The fraction of sp³-hybridized carbons (Fsp3) is 0.333. The number of ether oxygens (including phenoxy) is 1. The summed E-state index contributed by atoms with van der Waals surface area (Å²) in [5, 5.41) is 0. The first-order valence-corrected chi connectivity index (χ1v) is 11.4. The molecule has 2 aromatic rings. The van der Waals surface area contributed by atoms with Crippen molar-refractivity contribution in [2.75, 3.05) is 17.5 Å². The second-order valence-corrected chi connectivity index (χ2v) is 8.88. The van der Waals surface area contributed by atoms with E-state index in [1.165, 1.54) is 42.5 Å². The van der Waals surface area contributed by atoms with Crippen LogP contribution >= 0.6 is 0 Å². The Labute approximate surface area is 188 Å². The predicted molar refractivity (Wildman–Crippen MR) is 112 cm³/mol. The summed E-state index contributed by atoms with van der Waals surface area (Å²) in [6.45, 7) is 1.10. The largest absolute Gasteiger partial charge is 0.517 e. The van der Waals surface area contributed by atoms with Crippen molar-refractivity contribution in [2.24, 2.45) is 0 Å². The molecule has 0 N–H and O–H groups in total. The number of alkyl halides is 3. The van der Waals surface area contributed by atoms with Crippen molar-refractivity contribution in [3.63, 3.8) is 0 Å². The number of carbonyl (C=O) groups excluding carboxylic acids is 2. The fourth-order valence-corrected chi connectivity index (χ4v) is 4.27. The van der Waals surface area contributed by atoms with Gasteiger partial charge in [0.05, 0.1) is 24.8 Å². The van der Waals surface area contributed by atoms with Gasteiger partial charge < -0.3 is 14.1 Å².